The molecule has 0 aliphatic carbocycles. The van der Waals surface area contributed by atoms with Crippen molar-refractivity contribution in [1.29, 1.82) is 0 Å². The van der Waals surface area contributed by atoms with Crippen molar-refractivity contribution in [3.63, 3.8) is 0 Å². The first-order chi connectivity index (χ1) is 4.15. The number of aliphatic carboxylic acids is 1. The SMILES string of the molecule is C=CSCO.CC(=O)O. The Balaban J connectivity index is 0. The Morgan fingerprint density at radius 3 is 2.22 bits per heavy atom. The predicted octanol–water partition coefficient (Wildman–Crippen LogP) is 0.904. The summed E-state index contributed by atoms with van der Waals surface area (Å²) < 4.78 is 0. The normalized spacial score (nSPS) is 6.89. The standard InChI is InChI=1S/C3H6OS.C2H4O2/c1-2-5-3-4;1-2(3)4/h2,4H,1,3H2;1H3,(H,3,4). The number of aliphatic hydroxyl groups excluding tert-OH is 1. The van der Waals surface area contributed by atoms with Gasteiger partial charge in [0.05, 0.1) is 5.94 Å². The second-order valence-electron chi connectivity index (χ2n) is 0.981. The van der Waals surface area contributed by atoms with E-state index in [2.05, 4.69) is 6.58 Å². The van der Waals surface area contributed by atoms with Gasteiger partial charge in [0.1, 0.15) is 0 Å². The van der Waals surface area contributed by atoms with Gasteiger partial charge in [0.25, 0.3) is 5.97 Å². The third-order valence-corrected chi connectivity index (χ3v) is 0.577. The van der Waals surface area contributed by atoms with E-state index >= 15 is 0 Å². The van der Waals surface area contributed by atoms with Crippen LogP contribution in [0.3, 0.4) is 0 Å². The lowest BCUT2D eigenvalue weighted by atomic mass is 10.9. The van der Waals surface area contributed by atoms with Crippen LogP contribution in [0, 0.1) is 0 Å². The van der Waals surface area contributed by atoms with Crippen molar-refractivity contribution in [2.45, 2.75) is 6.92 Å². The average Bonchev–Trinajstić information content (AvgIpc) is 1.66. The Bertz CT molecular complexity index is 78.3. The van der Waals surface area contributed by atoms with Crippen LogP contribution >= 0.6 is 11.8 Å². The molecule has 0 amide bonds. The van der Waals surface area contributed by atoms with Crippen molar-refractivity contribution in [2.75, 3.05) is 5.94 Å². The molecule has 0 aromatic rings. The van der Waals surface area contributed by atoms with Crippen LogP contribution in [0.15, 0.2) is 12.0 Å². The van der Waals surface area contributed by atoms with E-state index in [1.54, 1.807) is 5.41 Å². The molecule has 0 unspecified atom stereocenters. The topological polar surface area (TPSA) is 57.5 Å². The quantitative estimate of drug-likeness (QED) is 0.574. The summed E-state index contributed by atoms with van der Waals surface area (Å²) in [6.07, 6.45) is 0. The van der Waals surface area contributed by atoms with Gasteiger partial charge in [-0.15, -0.1) is 11.8 Å². The number of carbonyl (C=O) groups is 1. The van der Waals surface area contributed by atoms with E-state index in [0.717, 1.165) is 6.92 Å². The molecule has 4 heteroatoms. The predicted molar refractivity (Wildman–Crippen MR) is 38.2 cm³/mol. The first-order valence-electron chi connectivity index (χ1n) is 2.18. The first kappa shape index (κ1) is 11.3. The van der Waals surface area contributed by atoms with E-state index in [4.69, 9.17) is 15.0 Å². The molecule has 0 rings (SSSR count). The number of aliphatic hydroxyl groups is 1. The number of carboxylic acids is 1. The zero-order valence-corrected chi connectivity index (χ0v) is 6.02. The molecule has 0 aromatic carbocycles. The molecule has 0 aliphatic rings. The summed E-state index contributed by atoms with van der Waals surface area (Å²) in [5, 5.41) is 17.0. The van der Waals surface area contributed by atoms with Crippen molar-refractivity contribution in [2.24, 2.45) is 0 Å². The molecule has 0 aliphatic heterocycles. The highest BCUT2D eigenvalue weighted by molar-refractivity contribution is 8.01. The molecular weight excluding hydrogens is 140 g/mol. The van der Waals surface area contributed by atoms with E-state index in [-0.39, 0.29) is 5.94 Å². The van der Waals surface area contributed by atoms with Gasteiger partial charge in [0.15, 0.2) is 0 Å². The minimum Gasteiger partial charge on any atom is -0.481 e. The molecule has 0 aromatic heterocycles. The van der Waals surface area contributed by atoms with E-state index < -0.39 is 5.97 Å². The average molecular weight is 150 g/mol. The maximum Gasteiger partial charge on any atom is 0.300 e. The van der Waals surface area contributed by atoms with E-state index in [0.29, 0.717) is 0 Å². The van der Waals surface area contributed by atoms with Gasteiger partial charge in [-0.3, -0.25) is 4.79 Å². The van der Waals surface area contributed by atoms with Crippen molar-refractivity contribution in [3.8, 4) is 0 Å². The molecule has 0 spiro atoms. The third kappa shape index (κ3) is 99.2. The summed E-state index contributed by atoms with van der Waals surface area (Å²) in [6, 6.07) is 0. The van der Waals surface area contributed by atoms with Gasteiger partial charge in [0, 0.05) is 6.92 Å². The Kier molecular flexibility index (Phi) is 13.2. The third-order valence-electron chi connectivity index (χ3n) is 0.192. The van der Waals surface area contributed by atoms with Crippen LogP contribution in [-0.2, 0) is 4.79 Å². The highest BCUT2D eigenvalue weighted by Crippen LogP contribution is 1.92. The van der Waals surface area contributed by atoms with E-state index in [1.165, 1.54) is 11.8 Å². The number of hydrogen-bond acceptors (Lipinski definition) is 3. The summed E-state index contributed by atoms with van der Waals surface area (Å²) in [4.78, 5) is 9.00. The highest BCUT2D eigenvalue weighted by atomic mass is 32.2. The lowest BCUT2D eigenvalue weighted by Gasteiger charge is -1.74. The number of hydrogen-bond donors (Lipinski definition) is 2. The molecule has 0 atom stereocenters. The smallest absolute Gasteiger partial charge is 0.300 e. The van der Waals surface area contributed by atoms with Crippen molar-refractivity contribution < 1.29 is 15.0 Å². The van der Waals surface area contributed by atoms with Crippen molar-refractivity contribution in [1.82, 2.24) is 0 Å². The zero-order valence-electron chi connectivity index (χ0n) is 5.20. The molecule has 0 bridgehead atoms. The van der Waals surface area contributed by atoms with Crippen molar-refractivity contribution >= 4 is 17.7 Å². The Labute approximate surface area is 58.4 Å². The van der Waals surface area contributed by atoms with Crippen LogP contribution in [0.4, 0.5) is 0 Å². The van der Waals surface area contributed by atoms with Crippen LogP contribution in [0.25, 0.3) is 0 Å². The minimum atomic E-state index is -0.833. The number of thioether (sulfide) groups is 1. The Morgan fingerprint density at radius 1 is 1.89 bits per heavy atom. The second-order valence-corrected chi connectivity index (χ2v) is 1.91. The number of rotatable bonds is 2. The molecule has 9 heavy (non-hydrogen) atoms. The monoisotopic (exact) mass is 150 g/mol. The molecule has 0 radical (unpaired) electrons. The van der Waals surface area contributed by atoms with Gasteiger partial charge in [-0.1, -0.05) is 6.58 Å². The summed E-state index contributed by atoms with van der Waals surface area (Å²) in [5.74, 6) is -0.691. The molecule has 54 valence electrons. The largest absolute Gasteiger partial charge is 0.481 e. The van der Waals surface area contributed by atoms with Crippen molar-refractivity contribution in [3.05, 3.63) is 12.0 Å². The maximum absolute atomic E-state index is 9.00. The molecule has 3 nitrogen and oxygen atoms in total. The minimum absolute atomic E-state index is 0.142. The van der Waals surface area contributed by atoms with Crippen LogP contribution in [0.1, 0.15) is 6.92 Å². The molecule has 2 N–H and O–H groups in total. The van der Waals surface area contributed by atoms with Gasteiger partial charge in [0.2, 0.25) is 0 Å². The van der Waals surface area contributed by atoms with Gasteiger partial charge in [-0.2, -0.15) is 0 Å². The van der Waals surface area contributed by atoms with Crippen LogP contribution < -0.4 is 0 Å². The zero-order chi connectivity index (χ0) is 7.70. The fourth-order valence-electron chi connectivity index (χ4n) is 0.0527. The fraction of sp³-hybridized carbons (Fsp3) is 0.400. The lowest BCUT2D eigenvalue weighted by Crippen LogP contribution is -1.78. The maximum atomic E-state index is 9.00. The second kappa shape index (κ2) is 10.5. The molecule has 0 fully saturated rings. The highest BCUT2D eigenvalue weighted by Gasteiger charge is 1.65. The van der Waals surface area contributed by atoms with E-state index in [1.807, 2.05) is 0 Å². The Hall–Kier alpha value is -0.480. The first-order valence-corrected chi connectivity index (χ1v) is 3.23. The summed E-state index contributed by atoms with van der Waals surface area (Å²) in [7, 11) is 0. The fourth-order valence-corrected chi connectivity index (χ4v) is 0.158. The van der Waals surface area contributed by atoms with Crippen LogP contribution in [0.2, 0.25) is 0 Å². The van der Waals surface area contributed by atoms with Gasteiger partial charge < -0.3 is 10.2 Å². The van der Waals surface area contributed by atoms with Gasteiger partial charge in [-0.25, -0.2) is 0 Å². The summed E-state index contributed by atoms with van der Waals surface area (Å²) in [6.45, 7) is 4.44. The van der Waals surface area contributed by atoms with Crippen LogP contribution in [-0.4, -0.2) is 22.1 Å². The van der Waals surface area contributed by atoms with Gasteiger partial charge in [-0.05, 0) is 5.41 Å². The number of carboxylic acid groups (broad SMARTS) is 1. The van der Waals surface area contributed by atoms with Gasteiger partial charge >= 0.3 is 0 Å². The Morgan fingerprint density at radius 2 is 2.22 bits per heavy atom. The lowest BCUT2D eigenvalue weighted by molar-refractivity contribution is -0.134. The molecule has 0 saturated carbocycles. The van der Waals surface area contributed by atoms with E-state index in [9.17, 15) is 0 Å². The molecule has 0 heterocycles. The molecular formula is C5H10O3S. The summed E-state index contributed by atoms with van der Waals surface area (Å²) in [5.41, 5.74) is 0. The summed E-state index contributed by atoms with van der Waals surface area (Å²) >= 11 is 1.28. The van der Waals surface area contributed by atoms with Crippen LogP contribution in [0.5, 0.6) is 0 Å². The molecule has 0 saturated heterocycles.